The summed E-state index contributed by atoms with van der Waals surface area (Å²) in [5, 5.41) is 3.11. The second kappa shape index (κ2) is 11.5. The van der Waals surface area contributed by atoms with Crippen LogP contribution >= 0.6 is 0 Å². The Morgan fingerprint density at radius 1 is 1.07 bits per heavy atom. The molecule has 0 atom stereocenters. The summed E-state index contributed by atoms with van der Waals surface area (Å²) in [4.78, 5) is 9.44. The lowest BCUT2D eigenvalue weighted by atomic mass is 10.1. The molecule has 0 spiro atoms. The highest BCUT2D eigenvalue weighted by molar-refractivity contribution is 5.72. The Kier molecular flexibility index (Phi) is 9.03. The van der Waals surface area contributed by atoms with Gasteiger partial charge in [0.15, 0.2) is 5.82 Å². The maximum atomic E-state index is 5.91. The van der Waals surface area contributed by atoms with Crippen molar-refractivity contribution in [2.75, 3.05) is 26.1 Å². The fourth-order valence-electron chi connectivity index (χ4n) is 3.10. The average Bonchev–Trinajstić information content (AvgIpc) is 2.70. The number of aryl methyl sites for hydroxylation is 1. The molecule has 0 radical (unpaired) electrons. The molecule has 0 unspecified atom stereocenters. The van der Waals surface area contributed by atoms with E-state index in [2.05, 4.69) is 17.2 Å². The number of hydrogen-bond donors (Lipinski definition) is 1. The fraction of sp³-hybridized carbons (Fsp3) is 0.565. The molecule has 1 heterocycles. The van der Waals surface area contributed by atoms with E-state index in [-0.39, 0.29) is 6.10 Å². The van der Waals surface area contributed by atoms with Gasteiger partial charge in [-0.05, 0) is 39.3 Å². The Bertz CT molecular complexity index is 778. The van der Waals surface area contributed by atoms with Gasteiger partial charge in [-0.3, -0.25) is 0 Å². The molecule has 0 saturated carbocycles. The highest BCUT2D eigenvalue weighted by atomic mass is 16.5. The van der Waals surface area contributed by atoms with Crippen LogP contribution in [0.4, 0.5) is 5.82 Å². The first kappa shape index (κ1) is 22.8. The van der Waals surface area contributed by atoms with Crippen LogP contribution in [0.25, 0.3) is 11.3 Å². The van der Waals surface area contributed by atoms with E-state index in [1.807, 2.05) is 46.0 Å². The van der Waals surface area contributed by atoms with E-state index in [0.717, 1.165) is 29.1 Å². The van der Waals surface area contributed by atoms with Crippen LogP contribution in [0, 0.1) is 6.92 Å². The zero-order chi connectivity index (χ0) is 21.2. The van der Waals surface area contributed by atoms with Gasteiger partial charge in [0.05, 0.1) is 31.2 Å². The van der Waals surface area contributed by atoms with Crippen molar-refractivity contribution < 1.29 is 14.2 Å². The van der Waals surface area contributed by atoms with Crippen LogP contribution in [0.5, 0.6) is 17.4 Å². The number of nitrogens with zero attached hydrogens (tertiary/aromatic N) is 2. The van der Waals surface area contributed by atoms with E-state index in [4.69, 9.17) is 19.2 Å². The highest BCUT2D eigenvalue weighted by Crippen LogP contribution is 2.36. The van der Waals surface area contributed by atoms with Crippen molar-refractivity contribution in [2.45, 2.75) is 65.9 Å². The van der Waals surface area contributed by atoms with Crippen LogP contribution in [0.15, 0.2) is 18.2 Å². The smallest absolute Gasteiger partial charge is 0.257 e. The zero-order valence-electron chi connectivity index (χ0n) is 18.7. The molecule has 0 fully saturated rings. The van der Waals surface area contributed by atoms with Gasteiger partial charge in [0.1, 0.15) is 11.5 Å². The molecule has 0 amide bonds. The van der Waals surface area contributed by atoms with Gasteiger partial charge in [-0.2, -0.15) is 0 Å². The molecule has 6 nitrogen and oxygen atoms in total. The first-order valence-corrected chi connectivity index (χ1v) is 10.5. The average molecular weight is 402 g/mol. The van der Waals surface area contributed by atoms with Gasteiger partial charge < -0.3 is 19.5 Å². The number of nitrogens with one attached hydrogen (secondary N) is 1. The summed E-state index contributed by atoms with van der Waals surface area (Å²) in [6.07, 6.45) is 6.06. The normalized spacial score (nSPS) is 10.9. The quantitative estimate of drug-likeness (QED) is 0.464. The minimum Gasteiger partial charge on any atom is -0.496 e. The summed E-state index contributed by atoms with van der Waals surface area (Å²) in [5.74, 6) is 2.64. The number of unbranched alkanes of at least 4 members (excludes halogenated alkanes) is 4. The minimum absolute atomic E-state index is 0.0985. The van der Waals surface area contributed by atoms with Crippen LogP contribution < -0.4 is 19.5 Å². The largest absolute Gasteiger partial charge is 0.496 e. The first-order valence-electron chi connectivity index (χ1n) is 10.5. The van der Waals surface area contributed by atoms with Crippen molar-refractivity contribution in [2.24, 2.45) is 0 Å². The fourth-order valence-corrected chi connectivity index (χ4v) is 3.10. The van der Waals surface area contributed by atoms with Gasteiger partial charge in [-0.15, -0.1) is 0 Å². The van der Waals surface area contributed by atoms with Crippen molar-refractivity contribution >= 4 is 5.82 Å². The molecule has 2 rings (SSSR count). The van der Waals surface area contributed by atoms with Crippen molar-refractivity contribution in [3.63, 3.8) is 0 Å². The molecular formula is C23H35N3O3. The molecule has 0 aliphatic rings. The van der Waals surface area contributed by atoms with Gasteiger partial charge in [0.25, 0.3) is 5.88 Å². The summed E-state index contributed by atoms with van der Waals surface area (Å²) in [6.45, 7) is 8.80. The number of aromatic nitrogens is 2. The van der Waals surface area contributed by atoms with Gasteiger partial charge in [-0.25, -0.2) is 9.97 Å². The highest BCUT2D eigenvalue weighted by Gasteiger charge is 2.17. The molecule has 0 bridgehead atoms. The molecule has 0 saturated heterocycles. The van der Waals surface area contributed by atoms with Crippen LogP contribution in [-0.2, 0) is 0 Å². The predicted molar refractivity (Wildman–Crippen MR) is 118 cm³/mol. The Morgan fingerprint density at radius 3 is 2.48 bits per heavy atom. The van der Waals surface area contributed by atoms with Crippen molar-refractivity contribution in [3.05, 3.63) is 23.9 Å². The monoisotopic (exact) mass is 401 g/mol. The van der Waals surface area contributed by atoms with E-state index in [1.54, 1.807) is 7.11 Å². The molecule has 2 aromatic rings. The number of ether oxygens (including phenoxy) is 3. The minimum atomic E-state index is 0.0985. The molecule has 29 heavy (non-hydrogen) atoms. The lowest BCUT2D eigenvalue weighted by Crippen LogP contribution is -2.08. The number of benzene rings is 1. The van der Waals surface area contributed by atoms with E-state index >= 15 is 0 Å². The third kappa shape index (κ3) is 6.51. The SMILES string of the molecule is CCCCCCCOc1nc(C)c(-c2ccc(OC(C)C)cc2OC)nc1NC. The van der Waals surface area contributed by atoms with Crippen LogP contribution in [0.2, 0.25) is 0 Å². The van der Waals surface area contributed by atoms with E-state index in [9.17, 15) is 0 Å². The summed E-state index contributed by atoms with van der Waals surface area (Å²) < 4.78 is 17.3. The van der Waals surface area contributed by atoms with Gasteiger partial charge in [-0.1, -0.05) is 32.6 Å². The number of rotatable bonds is 12. The molecule has 160 valence electrons. The Balaban J connectivity index is 2.21. The maximum Gasteiger partial charge on any atom is 0.257 e. The predicted octanol–water partition coefficient (Wildman–Crippen LogP) is 5.64. The van der Waals surface area contributed by atoms with Crippen LogP contribution in [0.1, 0.15) is 58.6 Å². The van der Waals surface area contributed by atoms with Crippen molar-refractivity contribution in [1.82, 2.24) is 9.97 Å². The molecule has 6 heteroatoms. The molecule has 0 aliphatic carbocycles. The van der Waals surface area contributed by atoms with Gasteiger partial charge >= 0.3 is 0 Å². The summed E-state index contributed by atoms with van der Waals surface area (Å²) >= 11 is 0. The standard InChI is InChI=1S/C23H35N3O3/c1-7-8-9-10-11-14-28-23-22(24-5)26-21(17(4)25-23)19-13-12-18(29-16(2)3)15-20(19)27-6/h12-13,15-16H,7-11,14H2,1-6H3,(H,24,26). The van der Waals surface area contributed by atoms with E-state index in [0.29, 0.717) is 24.1 Å². The van der Waals surface area contributed by atoms with Crippen molar-refractivity contribution in [1.29, 1.82) is 0 Å². The van der Waals surface area contributed by atoms with Crippen LogP contribution in [-0.4, -0.2) is 36.8 Å². The molecule has 1 aromatic carbocycles. The van der Waals surface area contributed by atoms with Crippen molar-refractivity contribution in [3.8, 4) is 28.6 Å². The zero-order valence-corrected chi connectivity index (χ0v) is 18.7. The lowest BCUT2D eigenvalue weighted by molar-refractivity contribution is 0.241. The number of hydrogen-bond acceptors (Lipinski definition) is 6. The molecular weight excluding hydrogens is 366 g/mol. The van der Waals surface area contributed by atoms with Gasteiger partial charge in [0, 0.05) is 18.7 Å². The van der Waals surface area contributed by atoms with Crippen LogP contribution in [0.3, 0.4) is 0 Å². The first-order chi connectivity index (χ1) is 14.0. The third-order valence-electron chi connectivity index (χ3n) is 4.56. The van der Waals surface area contributed by atoms with E-state index in [1.165, 1.54) is 25.7 Å². The van der Waals surface area contributed by atoms with Gasteiger partial charge in [0.2, 0.25) is 0 Å². The Morgan fingerprint density at radius 2 is 1.83 bits per heavy atom. The lowest BCUT2D eigenvalue weighted by Gasteiger charge is -2.16. The van der Waals surface area contributed by atoms with E-state index < -0.39 is 0 Å². The summed E-state index contributed by atoms with van der Waals surface area (Å²) in [6, 6.07) is 5.77. The maximum absolute atomic E-state index is 5.91. The topological polar surface area (TPSA) is 65.5 Å². The molecule has 1 aromatic heterocycles. The molecule has 1 N–H and O–H groups in total. The third-order valence-corrected chi connectivity index (χ3v) is 4.56. The Labute approximate surface area is 175 Å². The summed E-state index contributed by atoms with van der Waals surface area (Å²) in [7, 11) is 3.48. The second-order valence-corrected chi connectivity index (χ2v) is 7.35. The summed E-state index contributed by atoms with van der Waals surface area (Å²) in [5.41, 5.74) is 2.43. The number of anilines is 1. The number of methoxy groups -OCH3 is 1. The second-order valence-electron chi connectivity index (χ2n) is 7.35. The molecule has 0 aliphatic heterocycles. The Hall–Kier alpha value is -2.50.